The van der Waals surface area contributed by atoms with E-state index in [0.29, 0.717) is 10.0 Å². The molecule has 1 fully saturated rings. The van der Waals surface area contributed by atoms with E-state index in [-0.39, 0.29) is 11.6 Å². The van der Waals surface area contributed by atoms with E-state index in [1.54, 1.807) is 12.3 Å². The van der Waals surface area contributed by atoms with Crippen LogP contribution in [0.5, 0.6) is 5.75 Å². The maximum absolute atomic E-state index is 6.55. The van der Waals surface area contributed by atoms with Crippen molar-refractivity contribution in [3.63, 3.8) is 0 Å². The zero-order chi connectivity index (χ0) is 23.4. The van der Waals surface area contributed by atoms with Crippen molar-refractivity contribution in [1.29, 1.82) is 0 Å². The largest absolute Gasteiger partial charge is 0.484 e. The van der Waals surface area contributed by atoms with E-state index in [0.717, 1.165) is 65.5 Å². The molecule has 0 aliphatic carbocycles. The molecule has 2 aromatic heterocycles. The van der Waals surface area contributed by atoms with Crippen molar-refractivity contribution < 1.29 is 4.74 Å². The molecule has 1 spiro atoms. The number of nitrogens with zero attached hydrogens (tertiary/aromatic N) is 5. The van der Waals surface area contributed by atoms with Crippen LogP contribution in [0.25, 0.3) is 16.8 Å². The Balaban J connectivity index is 1.35. The summed E-state index contributed by atoms with van der Waals surface area (Å²) in [6.45, 7) is 7.45. The Bertz CT molecular complexity index is 1420. The average Bonchev–Trinajstić information content (AvgIpc) is 3.44. The average molecular weight is 492 g/mol. The quantitative estimate of drug-likeness (QED) is 0.321. The fraction of sp³-hybridized carbons (Fsp3) is 0.269. The van der Waals surface area contributed by atoms with E-state index in [1.807, 2.05) is 47.8 Å². The van der Waals surface area contributed by atoms with Crippen LogP contribution in [0.4, 0.5) is 5.82 Å². The van der Waals surface area contributed by atoms with Crippen LogP contribution in [0.2, 0.25) is 10.0 Å². The second-order valence-corrected chi connectivity index (χ2v) is 9.66. The van der Waals surface area contributed by atoms with E-state index in [2.05, 4.69) is 27.8 Å². The Morgan fingerprint density at radius 2 is 1.88 bits per heavy atom. The summed E-state index contributed by atoms with van der Waals surface area (Å²) in [5, 5.41) is 5.61. The molecule has 4 aromatic rings. The number of aliphatic imine (C=N–C) groups is 1. The fourth-order valence-electron chi connectivity index (χ4n) is 5.40. The number of piperidine rings is 1. The number of benzene rings is 2. The first kappa shape index (κ1) is 21.4. The molecule has 6 nitrogen and oxygen atoms in total. The highest BCUT2D eigenvalue weighted by Gasteiger charge is 2.50. The lowest BCUT2D eigenvalue weighted by Gasteiger charge is -2.41. The van der Waals surface area contributed by atoms with Crippen molar-refractivity contribution in [2.24, 2.45) is 4.99 Å². The highest BCUT2D eigenvalue weighted by atomic mass is 35.5. The summed E-state index contributed by atoms with van der Waals surface area (Å²) in [4.78, 5) is 11.8. The third-order valence-corrected chi connectivity index (χ3v) is 7.84. The highest BCUT2D eigenvalue weighted by Crippen LogP contribution is 2.50. The molecule has 34 heavy (non-hydrogen) atoms. The van der Waals surface area contributed by atoms with Gasteiger partial charge in [0.05, 0.1) is 27.6 Å². The van der Waals surface area contributed by atoms with E-state index >= 15 is 0 Å². The minimum atomic E-state index is -0.359. The molecule has 2 aliphatic heterocycles. The number of hydrogen-bond acceptors (Lipinski definition) is 5. The molecule has 4 heterocycles. The zero-order valence-electron chi connectivity index (χ0n) is 18.7. The van der Waals surface area contributed by atoms with Crippen molar-refractivity contribution >= 4 is 41.3 Å². The SMILES string of the molecule is C=N[C@@H]1c2ccccc2OC12CCN(c1nc(C)c(-c3cccc(Cl)c3Cl)n3nccc13)CC2. The van der Waals surface area contributed by atoms with Crippen molar-refractivity contribution in [3.8, 4) is 17.0 Å². The van der Waals surface area contributed by atoms with Gasteiger partial charge in [-0.25, -0.2) is 9.50 Å². The summed E-state index contributed by atoms with van der Waals surface area (Å²) in [7, 11) is 0. The van der Waals surface area contributed by atoms with Crippen LogP contribution in [0, 0.1) is 6.92 Å². The molecule has 2 aliphatic rings. The molecule has 8 heteroatoms. The summed E-state index contributed by atoms with van der Waals surface area (Å²) in [6.07, 6.45) is 3.45. The Morgan fingerprint density at radius 3 is 2.68 bits per heavy atom. The van der Waals surface area contributed by atoms with Crippen molar-refractivity contribution in [1.82, 2.24) is 14.6 Å². The van der Waals surface area contributed by atoms with Gasteiger partial charge in [-0.2, -0.15) is 5.10 Å². The van der Waals surface area contributed by atoms with Crippen LogP contribution in [-0.2, 0) is 0 Å². The van der Waals surface area contributed by atoms with Crippen molar-refractivity contribution in [3.05, 3.63) is 76.0 Å². The summed E-state index contributed by atoms with van der Waals surface area (Å²) >= 11 is 12.8. The van der Waals surface area contributed by atoms with Gasteiger partial charge in [0.2, 0.25) is 0 Å². The highest BCUT2D eigenvalue weighted by molar-refractivity contribution is 6.43. The number of aromatic nitrogens is 3. The van der Waals surface area contributed by atoms with E-state index in [1.165, 1.54) is 0 Å². The second-order valence-electron chi connectivity index (χ2n) is 8.88. The maximum atomic E-state index is 6.55. The molecule has 0 saturated carbocycles. The van der Waals surface area contributed by atoms with Crippen LogP contribution >= 0.6 is 23.2 Å². The number of para-hydroxylation sites is 1. The number of rotatable bonds is 3. The Hall–Kier alpha value is -3.09. The smallest absolute Gasteiger partial charge is 0.155 e. The maximum Gasteiger partial charge on any atom is 0.155 e. The van der Waals surface area contributed by atoms with Gasteiger partial charge in [0, 0.05) is 37.1 Å². The number of ether oxygens (including phenoxy) is 1. The molecule has 0 amide bonds. The predicted octanol–water partition coefficient (Wildman–Crippen LogP) is 6.18. The van der Waals surface area contributed by atoms with E-state index in [9.17, 15) is 0 Å². The molecule has 172 valence electrons. The number of fused-ring (bicyclic) bond motifs is 2. The van der Waals surface area contributed by atoms with Gasteiger partial charge < -0.3 is 9.64 Å². The first-order chi connectivity index (χ1) is 16.5. The lowest BCUT2D eigenvalue weighted by Crippen LogP contribution is -2.49. The second kappa shape index (κ2) is 8.00. The minimum Gasteiger partial charge on any atom is -0.484 e. The molecule has 0 N–H and O–H groups in total. The van der Waals surface area contributed by atoms with Gasteiger partial charge in [0.1, 0.15) is 22.9 Å². The fourth-order valence-corrected chi connectivity index (χ4v) is 5.79. The van der Waals surface area contributed by atoms with E-state index < -0.39 is 0 Å². The molecule has 0 bridgehead atoms. The van der Waals surface area contributed by atoms with Crippen LogP contribution in [0.15, 0.2) is 59.7 Å². The van der Waals surface area contributed by atoms with Gasteiger partial charge in [-0.1, -0.05) is 53.5 Å². The summed E-state index contributed by atoms with van der Waals surface area (Å²) in [6, 6.07) is 15.7. The Morgan fingerprint density at radius 1 is 1.09 bits per heavy atom. The van der Waals surface area contributed by atoms with Crippen LogP contribution in [-0.4, -0.2) is 40.0 Å². The zero-order valence-corrected chi connectivity index (χ0v) is 20.2. The Kier molecular flexibility index (Phi) is 5.04. The van der Waals surface area contributed by atoms with Gasteiger partial charge >= 0.3 is 0 Å². The van der Waals surface area contributed by atoms with Gasteiger partial charge in [0.15, 0.2) is 5.82 Å². The molecule has 2 aromatic carbocycles. The normalized spacial score (nSPS) is 18.8. The van der Waals surface area contributed by atoms with Gasteiger partial charge in [-0.3, -0.25) is 4.99 Å². The van der Waals surface area contributed by atoms with E-state index in [4.69, 9.17) is 32.9 Å². The molecular formula is C26H23Cl2N5O. The molecule has 0 radical (unpaired) electrons. The predicted molar refractivity (Wildman–Crippen MR) is 137 cm³/mol. The standard InChI is InChI=1S/C26H23Cl2N5O/c1-16-23(18-7-5-8-19(27)22(18)28)33-20(10-13-30-33)25(31-16)32-14-11-26(12-15-32)24(29-2)17-6-3-4-9-21(17)34-26/h3-10,13,24H,2,11-12,14-15H2,1H3/t24-/m1/s1. The first-order valence-corrected chi connectivity index (χ1v) is 12.1. The van der Waals surface area contributed by atoms with Gasteiger partial charge in [-0.15, -0.1) is 0 Å². The molecular weight excluding hydrogens is 469 g/mol. The lowest BCUT2D eigenvalue weighted by atomic mass is 9.83. The summed E-state index contributed by atoms with van der Waals surface area (Å²) < 4.78 is 8.41. The monoisotopic (exact) mass is 491 g/mol. The number of aryl methyl sites for hydroxylation is 1. The molecule has 1 saturated heterocycles. The topological polar surface area (TPSA) is 55.0 Å². The van der Waals surface area contributed by atoms with Crippen LogP contribution < -0.4 is 9.64 Å². The molecule has 6 rings (SSSR count). The third-order valence-electron chi connectivity index (χ3n) is 7.02. The van der Waals surface area contributed by atoms with Crippen LogP contribution in [0.1, 0.15) is 30.1 Å². The molecule has 1 atom stereocenters. The molecule has 0 unspecified atom stereocenters. The number of hydrogen-bond donors (Lipinski definition) is 0. The summed E-state index contributed by atoms with van der Waals surface area (Å²) in [5.74, 6) is 1.83. The van der Waals surface area contributed by atoms with Crippen LogP contribution in [0.3, 0.4) is 0 Å². The van der Waals surface area contributed by atoms with Gasteiger partial charge in [-0.05, 0) is 31.8 Å². The lowest BCUT2D eigenvalue weighted by molar-refractivity contribution is 0.0441. The summed E-state index contributed by atoms with van der Waals surface area (Å²) in [5.41, 5.74) is 4.19. The third kappa shape index (κ3) is 3.12. The minimum absolute atomic E-state index is 0.0529. The Labute approximate surface area is 207 Å². The number of halogens is 2. The van der Waals surface area contributed by atoms with Crippen molar-refractivity contribution in [2.75, 3.05) is 18.0 Å². The first-order valence-electron chi connectivity index (χ1n) is 11.3. The number of anilines is 1. The van der Waals surface area contributed by atoms with Crippen molar-refractivity contribution in [2.45, 2.75) is 31.4 Å². The van der Waals surface area contributed by atoms with Gasteiger partial charge in [0.25, 0.3) is 0 Å².